The Hall–Kier alpha value is -2.33. The van der Waals surface area contributed by atoms with Crippen LogP contribution in [0.25, 0.3) is 0 Å². The topological polar surface area (TPSA) is 41.6 Å². The number of aryl methyl sites for hydroxylation is 1. The molecule has 2 aliphatic rings. The second kappa shape index (κ2) is 10.5. The molecule has 1 N–H and O–H groups in total. The first-order chi connectivity index (χ1) is 15.5. The van der Waals surface area contributed by atoms with E-state index in [0.717, 1.165) is 55.1 Å². The van der Waals surface area contributed by atoms with E-state index in [1.54, 1.807) is 0 Å². The Kier molecular flexibility index (Phi) is 7.51. The highest BCUT2D eigenvalue weighted by atomic mass is 16.5. The second-order valence-corrected chi connectivity index (χ2v) is 9.88. The summed E-state index contributed by atoms with van der Waals surface area (Å²) >= 11 is 0. The smallest absolute Gasteiger partial charge is 0.235 e. The van der Waals surface area contributed by atoms with Crippen molar-refractivity contribution in [3.63, 3.8) is 0 Å². The van der Waals surface area contributed by atoms with Gasteiger partial charge >= 0.3 is 0 Å². The molecule has 1 saturated heterocycles. The lowest BCUT2D eigenvalue weighted by Gasteiger charge is -2.36. The zero-order chi connectivity index (χ0) is 22.4. The number of piperidine rings is 1. The molecule has 0 radical (unpaired) electrons. The molecule has 172 valence electrons. The number of ether oxygens (including phenoxy) is 1. The molecule has 1 aliphatic carbocycles. The molecule has 0 aromatic heterocycles. The Morgan fingerprint density at radius 3 is 2.44 bits per heavy atom. The predicted octanol–water partition coefficient (Wildman–Crippen LogP) is 5.95. The van der Waals surface area contributed by atoms with Crippen molar-refractivity contribution in [2.24, 2.45) is 5.92 Å². The predicted molar refractivity (Wildman–Crippen MR) is 131 cm³/mol. The fourth-order valence-corrected chi connectivity index (χ4v) is 5.34. The van der Waals surface area contributed by atoms with Gasteiger partial charge in [0.05, 0.1) is 5.41 Å². The van der Waals surface area contributed by atoms with Gasteiger partial charge in [0.1, 0.15) is 12.4 Å². The van der Waals surface area contributed by atoms with Crippen molar-refractivity contribution in [3.8, 4) is 5.75 Å². The quantitative estimate of drug-likeness (QED) is 0.586. The summed E-state index contributed by atoms with van der Waals surface area (Å²) in [4.78, 5) is 16.0. The average Bonchev–Trinajstić information content (AvgIpc) is 2.81. The van der Waals surface area contributed by atoms with Crippen molar-refractivity contribution in [1.29, 1.82) is 0 Å². The minimum absolute atomic E-state index is 0.119. The summed E-state index contributed by atoms with van der Waals surface area (Å²) in [5.41, 5.74) is 2.79. The van der Waals surface area contributed by atoms with Gasteiger partial charge in [0, 0.05) is 18.8 Å². The van der Waals surface area contributed by atoms with Crippen LogP contribution in [0.5, 0.6) is 5.75 Å². The van der Waals surface area contributed by atoms with Gasteiger partial charge in [-0.25, -0.2) is 0 Å². The number of anilines is 1. The Labute approximate surface area is 193 Å². The van der Waals surface area contributed by atoms with E-state index in [0.29, 0.717) is 6.61 Å². The fraction of sp³-hybridized carbons (Fsp3) is 0.536. The summed E-state index contributed by atoms with van der Waals surface area (Å²) < 4.78 is 5.97. The largest absolute Gasteiger partial charge is 0.492 e. The maximum absolute atomic E-state index is 13.5. The summed E-state index contributed by atoms with van der Waals surface area (Å²) in [5, 5.41) is 3.20. The van der Waals surface area contributed by atoms with E-state index in [-0.39, 0.29) is 5.91 Å². The van der Waals surface area contributed by atoms with Crippen molar-refractivity contribution < 1.29 is 9.53 Å². The number of benzene rings is 2. The lowest BCUT2D eigenvalue weighted by molar-refractivity contribution is -0.122. The number of carbonyl (C=O) groups excluding carboxylic acids is 1. The number of nitrogens with zero attached hydrogens (tertiary/aromatic N) is 1. The average molecular weight is 435 g/mol. The van der Waals surface area contributed by atoms with Crippen LogP contribution in [0.2, 0.25) is 0 Å². The van der Waals surface area contributed by atoms with E-state index in [9.17, 15) is 4.79 Å². The SMILES string of the molecule is Cc1ccc(C2(C(=O)Nc3ccc(OCCN4CCC[C@@H](C)C4)cc3)CCCCC2)cc1. The Morgan fingerprint density at radius 1 is 1.03 bits per heavy atom. The minimum atomic E-state index is -0.424. The highest BCUT2D eigenvalue weighted by Gasteiger charge is 2.41. The second-order valence-electron chi connectivity index (χ2n) is 9.88. The number of hydrogen-bond donors (Lipinski definition) is 1. The number of likely N-dealkylation sites (tertiary alicyclic amines) is 1. The maximum atomic E-state index is 13.5. The van der Waals surface area contributed by atoms with Gasteiger partial charge in [-0.3, -0.25) is 9.69 Å². The molecule has 4 nitrogen and oxygen atoms in total. The molecular weight excluding hydrogens is 396 g/mol. The van der Waals surface area contributed by atoms with Crippen LogP contribution in [-0.4, -0.2) is 37.0 Å². The van der Waals surface area contributed by atoms with Crippen molar-refractivity contribution >= 4 is 11.6 Å². The Balaban J connectivity index is 1.35. The van der Waals surface area contributed by atoms with Crippen LogP contribution in [0, 0.1) is 12.8 Å². The standard InChI is InChI=1S/C28H38N2O2/c1-22-8-10-24(11-9-22)28(16-4-3-5-17-28)27(31)29-25-12-14-26(15-13-25)32-20-19-30-18-6-7-23(2)21-30/h8-15,23H,3-7,16-21H2,1-2H3,(H,29,31)/t23-/m1/s1. The number of amides is 1. The van der Waals surface area contributed by atoms with Crippen molar-refractivity contribution in [3.05, 3.63) is 59.7 Å². The van der Waals surface area contributed by atoms with Gasteiger partial charge in [-0.05, 0) is 74.9 Å². The summed E-state index contributed by atoms with van der Waals surface area (Å²) in [6, 6.07) is 16.4. The minimum Gasteiger partial charge on any atom is -0.492 e. The first-order valence-corrected chi connectivity index (χ1v) is 12.4. The molecule has 1 saturated carbocycles. The van der Waals surface area contributed by atoms with Crippen LogP contribution in [0.1, 0.15) is 63.0 Å². The zero-order valence-corrected chi connectivity index (χ0v) is 19.7. The summed E-state index contributed by atoms with van der Waals surface area (Å²) in [6.45, 7) is 8.46. The van der Waals surface area contributed by atoms with E-state index in [1.807, 2.05) is 24.3 Å². The van der Waals surface area contributed by atoms with Crippen molar-refractivity contribution in [2.45, 2.75) is 64.2 Å². The van der Waals surface area contributed by atoms with Gasteiger partial charge in [-0.15, -0.1) is 0 Å². The van der Waals surface area contributed by atoms with Gasteiger partial charge in [-0.1, -0.05) is 56.0 Å². The van der Waals surface area contributed by atoms with E-state index >= 15 is 0 Å². The fourth-order valence-electron chi connectivity index (χ4n) is 5.34. The Bertz CT molecular complexity index is 869. The molecule has 2 fully saturated rings. The monoisotopic (exact) mass is 434 g/mol. The van der Waals surface area contributed by atoms with E-state index < -0.39 is 5.41 Å². The lowest BCUT2D eigenvalue weighted by atomic mass is 9.68. The van der Waals surface area contributed by atoms with Gasteiger partial charge < -0.3 is 10.1 Å². The maximum Gasteiger partial charge on any atom is 0.235 e. The van der Waals surface area contributed by atoms with Crippen LogP contribution >= 0.6 is 0 Å². The molecule has 2 aromatic carbocycles. The molecule has 0 spiro atoms. The molecule has 1 aliphatic heterocycles. The van der Waals surface area contributed by atoms with E-state index in [2.05, 4.69) is 48.3 Å². The molecule has 0 bridgehead atoms. The molecule has 1 heterocycles. The third-order valence-electron chi connectivity index (χ3n) is 7.28. The highest BCUT2D eigenvalue weighted by Crippen LogP contribution is 2.40. The van der Waals surface area contributed by atoms with Gasteiger partial charge in [0.2, 0.25) is 5.91 Å². The van der Waals surface area contributed by atoms with Crippen LogP contribution < -0.4 is 10.1 Å². The first kappa shape index (κ1) is 22.8. The van der Waals surface area contributed by atoms with Crippen LogP contribution in [0.3, 0.4) is 0 Å². The number of hydrogen-bond acceptors (Lipinski definition) is 3. The van der Waals surface area contributed by atoms with Crippen LogP contribution in [0.4, 0.5) is 5.69 Å². The molecule has 2 aromatic rings. The van der Waals surface area contributed by atoms with E-state index in [4.69, 9.17) is 4.74 Å². The van der Waals surface area contributed by atoms with Crippen LogP contribution in [0.15, 0.2) is 48.5 Å². The third kappa shape index (κ3) is 5.53. The number of nitrogens with one attached hydrogen (secondary N) is 1. The lowest BCUT2D eigenvalue weighted by Crippen LogP contribution is -2.42. The number of rotatable bonds is 7. The Morgan fingerprint density at radius 2 is 1.75 bits per heavy atom. The summed E-state index contributed by atoms with van der Waals surface area (Å²) in [6.07, 6.45) is 7.88. The van der Waals surface area contributed by atoms with Gasteiger partial charge in [0.15, 0.2) is 0 Å². The molecule has 32 heavy (non-hydrogen) atoms. The molecular formula is C28H38N2O2. The van der Waals surface area contributed by atoms with Crippen molar-refractivity contribution in [1.82, 2.24) is 4.90 Å². The third-order valence-corrected chi connectivity index (χ3v) is 7.28. The van der Waals surface area contributed by atoms with Gasteiger partial charge in [-0.2, -0.15) is 0 Å². The molecule has 0 unspecified atom stereocenters. The summed E-state index contributed by atoms with van der Waals surface area (Å²) in [7, 11) is 0. The molecule has 4 rings (SSSR count). The van der Waals surface area contributed by atoms with E-state index in [1.165, 1.54) is 37.9 Å². The van der Waals surface area contributed by atoms with Crippen molar-refractivity contribution in [2.75, 3.05) is 31.6 Å². The summed E-state index contributed by atoms with van der Waals surface area (Å²) in [5.74, 6) is 1.77. The van der Waals surface area contributed by atoms with Gasteiger partial charge in [0.25, 0.3) is 0 Å². The molecule has 4 heteroatoms. The first-order valence-electron chi connectivity index (χ1n) is 12.4. The number of carbonyl (C=O) groups is 1. The highest BCUT2D eigenvalue weighted by molar-refractivity contribution is 5.99. The molecule has 1 atom stereocenters. The van der Waals surface area contributed by atoms with Crippen LogP contribution in [-0.2, 0) is 10.2 Å². The molecule has 1 amide bonds. The zero-order valence-electron chi connectivity index (χ0n) is 19.7. The normalized spacial score (nSPS) is 21.1.